The zero-order valence-corrected chi connectivity index (χ0v) is 14.0. The number of fused-ring (bicyclic) bond motifs is 2. The molecule has 25 heavy (non-hydrogen) atoms. The fourth-order valence-corrected chi connectivity index (χ4v) is 3.96. The first-order chi connectivity index (χ1) is 12.0. The van der Waals surface area contributed by atoms with Gasteiger partial charge in [-0.3, -0.25) is 9.59 Å². The van der Waals surface area contributed by atoms with Crippen molar-refractivity contribution >= 4 is 23.2 Å². The SMILES string of the molecule is Cc1cc(F)cc2c1N(C(=O)C1CC(=O)Nc3ccccc31)CCC2. The van der Waals surface area contributed by atoms with Crippen LogP contribution in [0.25, 0.3) is 0 Å². The molecule has 0 fully saturated rings. The zero-order valence-electron chi connectivity index (χ0n) is 14.0. The highest BCUT2D eigenvalue weighted by atomic mass is 19.1. The Morgan fingerprint density at radius 1 is 1.28 bits per heavy atom. The lowest BCUT2D eigenvalue weighted by Gasteiger charge is -2.35. The third-order valence-electron chi connectivity index (χ3n) is 5.01. The monoisotopic (exact) mass is 338 g/mol. The number of hydrogen-bond donors (Lipinski definition) is 1. The summed E-state index contributed by atoms with van der Waals surface area (Å²) in [5.41, 5.74) is 3.98. The van der Waals surface area contributed by atoms with Crippen LogP contribution >= 0.6 is 0 Å². The molecule has 2 amide bonds. The summed E-state index contributed by atoms with van der Waals surface area (Å²) in [5, 5.41) is 2.83. The molecule has 4 nitrogen and oxygen atoms in total. The summed E-state index contributed by atoms with van der Waals surface area (Å²) in [5.74, 6) is -1.00. The summed E-state index contributed by atoms with van der Waals surface area (Å²) < 4.78 is 13.7. The average Bonchev–Trinajstić information content (AvgIpc) is 2.59. The molecule has 0 saturated heterocycles. The lowest BCUT2D eigenvalue weighted by Crippen LogP contribution is -2.41. The molecule has 1 N–H and O–H groups in total. The summed E-state index contributed by atoms with van der Waals surface area (Å²) in [6.45, 7) is 2.42. The maximum Gasteiger partial charge on any atom is 0.235 e. The second-order valence-corrected chi connectivity index (χ2v) is 6.72. The Morgan fingerprint density at radius 2 is 2.08 bits per heavy atom. The van der Waals surface area contributed by atoms with Crippen LogP contribution in [0.4, 0.5) is 15.8 Å². The topological polar surface area (TPSA) is 49.4 Å². The number of nitrogens with one attached hydrogen (secondary N) is 1. The van der Waals surface area contributed by atoms with Crippen molar-refractivity contribution < 1.29 is 14.0 Å². The lowest BCUT2D eigenvalue weighted by molar-refractivity contribution is -0.124. The molecule has 2 aliphatic rings. The van der Waals surface area contributed by atoms with Gasteiger partial charge in [0.2, 0.25) is 11.8 Å². The summed E-state index contributed by atoms with van der Waals surface area (Å²) in [6.07, 6.45) is 1.70. The van der Waals surface area contributed by atoms with Gasteiger partial charge < -0.3 is 10.2 Å². The van der Waals surface area contributed by atoms with Crippen molar-refractivity contribution in [3.63, 3.8) is 0 Å². The summed E-state index contributed by atoms with van der Waals surface area (Å²) in [6, 6.07) is 10.4. The van der Waals surface area contributed by atoms with Crippen LogP contribution in [0.5, 0.6) is 0 Å². The van der Waals surface area contributed by atoms with Crippen molar-refractivity contribution in [1.82, 2.24) is 0 Å². The number of benzene rings is 2. The maximum atomic E-state index is 13.7. The van der Waals surface area contributed by atoms with Crippen LogP contribution in [0.1, 0.15) is 35.4 Å². The lowest BCUT2D eigenvalue weighted by atomic mass is 9.88. The number of para-hydroxylation sites is 1. The number of nitrogens with zero attached hydrogens (tertiary/aromatic N) is 1. The van der Waals surface area contributed by atoms with Crippen LogP contribution in [0.2, 0.25) is 0 Å². The van der Waals surface area contributed by atoms with E-state index in [4.69, 9.17) is 0 Å². The molecule has 2 aromatic carbocycles. The molecule has 128 valence electrons. The number of carbonyl (C=O) groups excluding carboxylic acids is 2. The molecule has 0 saturated carbocycles. The van der Waals surface area contributed by atoms with Crippen molar-refractivity contribution in [2.24, 2.45) is 0 Å². The smallest absolute Gasteiger partial charge is 0.235 e. The van der Waals surface area contributed by atoms with Crippen LogP contribution in [-0.2, 0) is 16.0 Å². The number of aryl methyl sites for hydroxylation is 2. The molecule has 0 radical (unpaired) electrons. The minimum Gasteiger partial charge on any atom is -0.326 e. The second kappa shape index (κ2) is 5.99. The van der Waals surface area contributed by atoms with Crippen molar-refractivity contribution in [3.8, 4) is 0 Å². The molecule has 0 aliphatic carbocycles. The normalized spacial score (nSPS) is 19.0. The minimum absolute atomic E-state index is 0.0852. The van der Waals surface area contributed by atoms with Crippen molar-refractivity contribution in [3.05, 3.63) is 58.9 Å². The Kier molecular flexibility index (Phi) is 3.79. The number of anilines is 2. The second-order valence-electron chi connectivity index (χ2n) is 6.72. The first-order valence-corrected chi connectivity index (χ1v) is 8.54. The van der Waals surface area contributed by atoms with E-state index in [1.54, 1.807) is 4.90 Å². The summed E-state index contributed by atoms with van der Waals surface area (Å²) in [4.78, 5) is 27.1. The molecule has 5 heteroatoms. The molecule has 4 rings (SSSR count). The van der Waals surface area contributed by atoms with Crippen LogP contribution in [0, 0.1) is 12.7 Å². The molecule has 2 aliphatic heterocycles. The summed E-state index contributed by atoms with van der Waals surface area (Å²) in [7, 11) is 0. The molecule has 0 aromatic heterocycles. The number of halogens is 1. The van der Waals surface area contributed by atoms with Crippen molar-refractivity contribution in [2.45, 2.75) is 32.1 Å². The van der Waals surface area contributed by atoms with Gasteiger partial charge in [-0.2, -0.15) is 0 Å². The Hall–Kier alpha value is -2.69. The molecular formula is C20H19FN2O2. The highest BCUT2D eigenvalue weighted by molar-refractivity contribution is 6.06. The molecule has 2 aromatic rings. The number of hydrogen-bond acceptors (Lipinski definition) is 2. The van der Waals surface area contributed by atoms with Crippen LogP contribution < -0.4 is 10.2 Å². The first-order valence-electron chi connectivity index (χ1n) is 8.54. The summed E-state index contributed by atoms with van der Waals surface area (Å²) >= 11 is 0. The molecule has 1 atom stereocenters. The highest BCUT2D eigenvalue weighted by Gasteiger charge is 2.35. The van der Waals surface area contributed by atoms with Gasteiger partial charge in [0.05, 0.1) is 5.92 Å². The number of amides is 2. The minimum atomic E-state index is -0.500. The van der Waals surface area contributed by atoms with Gasteiger partial charge in [0.25, 0.3) is 0 Å². The van der Waals surface area contributed by atoms with Gasteiger partial charge in [-0.05, 0) is 54.7 Å². The molecule has 0 bridgehead atoms. The van der Waals surface area contributed by atoms with E-state index >= 15 is 0 Å². The highest BCUT2D eigenvalue weighted by Crippen LogP contribution is 2.38. The van der Waals surface area contributed by atoms with Gasteiger partial charge in [0.1, 0.15) is 5.82 Å². The van der Waals surface area contributed by atoms with Gasteiger partial charge in [-0.25, -0.2) is 4.39 Å². The molecular weight excluding hydrogens is 319 g/mol. The largest absolute Gasteiger partial charge is 0.326 e. The Balaban J connectivity index is 1.75. The zero-order chi connectivity index (χ0) is 17.6. The fraction of sp³-hybridized carbons (Fsp3) is 0.300. The van der Waals surface area contributed by atoms with Gasteiger partial charge in [0.15, 0.2) is 0 Å². The number of rotatable bonds is 1. The van der Waals surface area contributed by atoms with E-state index in [9.17, 15) is 14.0 Å². The van der Waals surface area contributed by atoms with E-state index in [1.807, 2.05) is 31.2 Å². The molecule has 0 spiro atoms. The molecule has 2 heterocycles. The standard InChI is InChI=1S/C20H19FN2O2/c1-12-9-14(21)10-13-5-4-8-23(19(12)13)20(25)16-11-18(24)22-17-7-3-2-6-15(16)17/h2-3,6-7,9-10,16H,4-5,8,11H2,1H3,(H,22,24). The first kappa shape index (κ1) is 15.8. The van der Waals surface area contributed by atoms with Crippen LogP contribution in [0.3, 0.4) is 0 Å². The number of carbonyl (C=O) groups is 2. The van der Waals surface area contributed by atoms with Gasteiger partial charge in [0, 0.05) is 24.3 Å². The predicted octanol–water partition coefficient (Wildman–Crippen LogP) is 3.54. The third-order valence-corrected chi connectivity index (χ3v) is 5.01. The van der Waals surface area contributed by atoms with Crippen molar-refractivity contribution in [2.75, 3.05) is 16.8 Å². The van der Waals surface area contributed by atoms with Gasteiger partial charge >= 0.3 is 0 Å². The van der Waals surface area contributed by atoms with E-state index in [-0.39, 0.29) is 24.1 Å². The van der Waals surface area contributed by atoms with Crippen LogP contribution in [0.15, 0.2) is 36.4 Å². The van der Waals surface area contributed by atoms with E-state index in [2.05, 4.69) is 5.32 Å². The van der Waals surface area contributed by atoms with E-state index < -0.39 is 5.92 Å². The van der Waals surface area contributed by atoms with Crippen LogP contribution in [-0.4, -0.2) is 18.4 Å². The fourth-order valence-electron chi connectivity index (χ4n) is 3.96. The van der Waals surface area contributed by atoms with E-state index in [0.29, 0.717) is 12.2 Å². The van der Waals surface area contributed by atoms with E-state index in [0.717, 1.165) is 35.2 Å². The van der Waals surface area contributed by atoms with Gasteiger partial charge in [-0.15, -0.1) is 0 Å². The predicted molar refractivity (Wildman–Crippen MR) is 94.2 cm³/mol. The Morgan fingerprint density at radius 3 is 2.92 bits per heavy atom. The third kappa shape index (κ3) is 2.69. The van der Waals surface area contributed by atoms with Gasteiger partial charge in [-0.1, -0.05) is 18.2 Å². The average molecular weight is 338 g/mol. The van der Waals surface area contributed by atoms with Crippen molar-refractivity contribution in [1.29, 1.82) is 0 Å². The van der Waals surface area contributed by atoms with E-state index in [1.165, 1.54) is 12.1 Å². The Labute approximate surface area is 145 Å². The Bertz CT molecular complexity index is 878. The quantitative estimate of drug-likeness (QED) is 0.865. The molecule has 1 unspecified atom stereocenters. The maximum absolute atomic E-state index is 13.7.